The van der Waals surface area contributed by atoms with Crippen molar-refractivity contribution in [2.75, 3.05) is 0 Å². The van der Waals surface area contributed by atoms with Crippen molar-refractivity contribution in [1.82, 2.24) is 9.99 Å². The van der Waals surface area contributed by atoms with Crippen LogP contribution in [0, 0.1) is 5.82 Å². The van der Waals surface area contributed by atoms with Gasteiger partial charge in [-0.1, -0.05) is 11.3 Å². The van der Waals surface area contributed by atoms with Gasteiger partial charge in [-0.3, -0.25) is 15.0 Å². The summed E-state index contributed by atoms with van der Waals surface area (Å²) in [7, 11) is 0. The maximum atomic E-state index is 13.6. The molecule has 0 aliphatic rings. The minimum atomic E-state index is -0.506. The van der Waals surface area contributed by atoms with Crippen LogP contribution in [0.15, 0.2) is 34.6 Å². The molecule has 0 fully saturated rings. The Morgan fingerprint density at radius 2 is 2.28 bits per heavy atom. The Labute approximate surface area is 106 Å². The molecule has 0 aliphatic carbocycles. The van der Waals surface area contributed by atoms with E-state index in [1.54, 1.807) is 11.6 Å². The first-order chi connectivity index (χ1) is 8.61. The number of aromatic nitrogens is 1. The first-order valence-corrected chi connectivity index (χ1v) is 5.93. The Kier molecular flexibility index (Phi) is 3.54. The molecule has 1 aromatic carbocycles. The van der Waals surface area contributed by atoms with Gasteiger partial charge in [-0.15, -0.1) is 0 Å². The average molecular weight is 267 g/mol. The number of carbonyl (C=O) groups is 1. The number of halogens is 1. The molecule has 2 aromatic rings. The Morgan fingerprint density at radius 3 is 2.89 bits per heavy atom. The van der Waals surface area contributed by atoms with Crippen LogP contribution in [0.2, 0.25) is 0 Å². The highest BCUT2D eigenvalue weighted by molar-refractivity contribution is 7.07. The third kappa shape index (κ3) is 2.47. The fraction of sp³-hybridized carbons (Fsp3) is 0.0909. The summed E-state index contributed by atoms with van der Waals surface area (Å²) in [6, 6.07) is 3.89. The van der Waals surface area contributed by atoms with Crippen molar-refractivity contribution in [2.45, 2.75) is 6.54 Å². The largest absolute Gasteiger partial charge is 0.307 e. The zero-order valence-corrected chi connectivity index (χ0v) is 10.0. The number of nitrogens with two attached hydrogens (primary N) is 1. The number of hydrogen-bond donors (Lipinski definition) is 2. The Bertz CT molecular complexity index is 635. The van der Waals surface area contributed by atoms with E-state index in [9.17, 15) is 14.0 Å². The van der Waals surface area contributed by atoms with Gasteiger partial charge in [0.25, 0.3) is 5.91 Å². The second-order valence-corrected chi connectivity index (χ2v) is 4.43. The van der Waals surface area contributed by atoms with Gasteiger partial charge in [-0.05, 0) is 18.2 Å². The lowest BCUT2D eigenvalue weighted by atomic mass is 10.1. The van der Waals surface area contributed by atoms with Gasteiger partial charge in [0.15, 0.2) is 0 Å². The molecule has 1 heterocycles. The fourth-order valence-electron chi connectivity index (χ4n) is 1.51. The van der Waals surface area contributed by atoms with Crippen molar-refractivity contribution >= 4 is 17.2 Å². The van der Waals surface area contributed by atoms with Crippen LogP contribution in [-0.4, -0.2) is 10.5 Å². The average Bonchev–Trinajstić information content (AvgIpc) is 2.77. The van der Waals surface area contributed by atoms with Gasteiger partial charge >= 0.3 is 4.87 Å². The van der Waals surface area contributed by atoms with Crippen LogP contribution in [0.3, 0.4) is 0 Å². The minimum Gasteiger partial charge on any atom is -0.301 e. The van der Waals surface area contributed by atoms with Gasteiger partial charge in [0.05, 0.1) is 6.54 Å². The van der Waals surface area contributed by atoms with Gasteiger partial charge in [-0.2, -0.15) is 0 Å². The van der Waals surface area contributed by atoms with Crippen molar-refractivity contribution in [3.05, 3.63) is 56.4 Å². The highest BCUT2D eigenvalue weighted by Crippen LogP contribution is 2.12. The molecule has 94 valence electrons. The van der Waals surface area contributed by atoms with Gasteiger partial charge in [-0.25, -0.2) is 10.2 Å². The van der Waals surface area contributed by atoms with Crippen LogP contribution >= 0.6 is 11.3 Å². The summed E-state index contributed by atoms with van der Waals surface area (Å²) in [6.07, 6.45) is 1.57. The third-order valence-corrected chi connectivity index (χ3v) is 3.12. The van der Waals surface area contributed by atoms with E-state index in [-0.39, 0.29) is 22.5 Å². The van der Waals surface area contributed by atoms with Crippen molar-refractivity contribution in [1.29, 1.82) is 0 Å². The number of thiazole rings is 1. The molecule has 1 amide bonds. The van der Waals surface area contributed by atoms with Crippen molar-refractivity contribution in [3.63, 3.8) is 0 Å². The highest BCUT2D eigenvalue weighted by atomic mass is 32.1. The Balaban J connectivity index is 2.35. The molecule has 3 N–H and O–H groups in total. The number of nitrogens with one attached hydrogen (secondary N) is 1. The molecule has 7 heteroatoms. The Hall–Kier alpha value is -1.99. The molecule has 0 spiro atoms. The predicted octanol–water partition coefficient (Wildman–Crippen LogP) is 0.701. The molecule has 0 atom stereocenters. The summed E-state index contributed by atoms with van der Waals surface area (Å²) in [5, 5.41) is 1.62. The van der Waals surface area contributed by atoms with E-state index in [1.165, 1.54) is 22.8 Å². The SMILES string of the molecule is NNC(=O)c1ccc(F)c(Cn2ccsc2=O)c1. The first kappa shape index (κ1) is 12.5. The number of rotatable bonds is 3. The van der Waals surface area contributed by atoms with E-state index < -0.39 is 11.7 Å². The number of nitrogen functional groups attached to an aromatic ring is 1. The van der Waals surface area contributed by atoms with Gasteiger partial charge in [0, 0.05) is 22.7 Å². The van der Waals surface area contributed by atoms with Gasteiger partial charge in [0.1, 0.15) is 5.82 Å². The lowest BCUT2D eigenvalue weighted by Gasteiger charge is -2.06. The molecule has 0 aliphatic heterocycles. The summed E-state index contributed by atoms with van der Waals surface area (Å²) >= 11 is 1.03. The summed E-state index contributed by atoms with van der Waals surface area (Å²) in [5.74, 6) is 4.03. The lowest BCUT2D eigenvalue weighted by Crippen LogP contribution is -2.30. The maximum Gasteiger partial charge on any atom is 0.307 e. The molecule has 0 radical (unpaired) electrons. The standard InChI is InChI=1S/C11H10FN3O2S/c12-9-2-1-7(10(16)14-13)5-8(9)6-15-3-4-18-11(15)17/h1-5H,6,13H2,(H,14,16). The molecule has 18 heavy (non-hydrogen) atoms. The number of benzene rings is 1. The molecule has 0 unspecified atom stereocenters. The summed E-state index contributed by atoms with van der Waals surface area (Å²) in [6.45, 7) is 0.0832. The quantitative estimate of drug-likeness (QED) is 0.488. The van der Waals surface area contributed by atoms with E-state index >= 15 is 0 Å². The lowest BCUT2D eigenvalue weighted by molar-refractivity contribution is 0.0953. The van der Waals surface area contributed by atoms with Crippen LogP contribution in [0.4, 0.5) is 4.39 Å². The minimum absolute atomic E-state index is 0.0832. The molecule has 0 saturated carbocycles. The van der Waals surface area contributed by atoms with E-state index in [0.717, 1.165) is 11.3 Å². The van der Waals surface area contributed by atoms with E-state index in [2.05, 4.69) is 0 Å². The van der Waals surface area contributed by atoms with Crippen molar-refractivity contribution < 1.29 is 9.18 Å². The smallest absolute Gasteiger partial charge is 0.301 e. The topological polar surface area (TPSA) is 77.1 Å². The molecule has 2 rings (SSSR count). The fourth-order valence-corrected chi connectivity index (χ4v) is 2.10. The number of nitrogens with zero attached hydrogens (tertiary/aromatic N) is 1. The van der Waals surface area contributed by atoms with Crippen molar-refractivity contribution in [2.24, 2.45) is 5.84 Å². The molecule has 0 bridgehead atoms. The van der Waals surface area contributed by atoms with Crippen LogP contribution in [0.1, 0.15) is 15.9 Å². The van der Waals surface area contributed by atoms with E-state index in [4.69, 9.17) is 5.84 Å². The summed E-state index contributed by atoms with van der Waals surface area (Å²) < 4.78 is 15.0. The summed E-state index contributed by atoms with van der Waals surface area (Å²) in [4.78, 5) is 22.5. The second-order valence-electron chi connectivity index (χ2n) is 3.58. The molecule has 1 aromatic heterocycles. The highest BCUT2D eigenvalue weighted by Gasteiger charge is 2.10. The first-order valence-electron chi connectivity index (χ1n) is 5.05. The maximum absolute atomic E-state index is 13.6. The molecular formula is C11H10FN3O2S. The normalized spacial score (nSPS) is 10.3. The third-order valence-electron chi connectivity index (χ3n) is 2.42. The van der Waals surface area contributed by atoms with Crippen LogP contribution in [0.25, 0.3) is 0 Å². The Morgan fingerprint density at radius 1 is 1.50 bits per heavy atom. The number of carbonyl (C=O) groups excluding carboxylic acids is 1. The number of hydrazine groups is 1. The molecular weight excluding hydrogens is 257 g/mol. The zero-order chi connectivity index (χ0) is 13.1. The van der Waals surface area contributed by atoms with E-state index in [0.29, 0.717) is 0 Å². The van der Waals surface area contributed by atoms with Gasteiger partial charge in [0.2, 0.25) is 0 Å². The number of amides is 1. The predicted molar refractivity (Wildman–Crippen MR) is 65.7 cm³/mol. The molecule has 5 nitrogen and oxygen atoms in total. The second kappa shape index (κ2) is 5.11. The molecule has 0 saturated heterocycles. The van der Waals surface area contributed by atoms with Crippen LogP contribution in [0.5, 0.6) is 0 Å². The van der Waals surface area contributed by atoms with Crippen molar-refractivity contribution in [3.8, 4) is 0 Å². The van der Waals surface area contributed by atoms with Crippen LogP contribution < -0.4 is 16.1 Å². The van der Waals surface area contributed by atoms with Crippen LogP contribution in [-0.2, 0) is 6.54 Å². The summed E-state index contributed by atoms with van der Waals surface area (Å²) in [5.41, 5.74) is 2.48. The van der Waals surface area contributed by atoms with Gasteiger partial charge < -0.3 is 4.57 Å². The number of hydrogen-bond acceptors (Lipinski definition) is 4. The van der Waals surface area contributed by atoms with E-state index in [1.807, 2.05) is 5.43 Å². The zero-order valence-electron chi connectivity index (χ0n) is 9.22. The monoisotopic (exact) mass is 267 g/mol.